The van der Waals surface area contributed by atoms with E-state index in [-0.39, 0.29) is 12.5 Å². The lowest BCUT2D eigenvalue weighted by Crippen LogP contribution is -2.19. The highest BCUT2D eigenvalue weighted by molar-refractivity contribution is 6.30. The lowest BCUT2D eigenvalue weighted by molar-refractivity contribution is 0.0954. The van der Waals surface area contributed by atoms with E-state index in [2.05, 4.69) is 10.3 Å². The van der Waals surface area contributed by atoms with Gasteiger partial charge in [0.25, 0.3) is 5.91 Å². The predicted octanol–water partition coefficient (Wildman–Crippen LogP) is 2.14. The number of benzene rings is 1. The topological polar surface area (TPSA) is 74.4 Å². The lowest BCUT2D eigenvalue weighted by atomic mass is 10.2. The second-order valence-electron chi connectivity index (χ2n) is 4.50. The molecule has 0 unspecified atom stereocenters. The fraction of sp³-hybridized carbons (Fsp3) is 0.267. The molecule has 1 heterocycles. The molecule has 0 aliphatic rings. The van der Waals surface area contributed by atoms with Crippen LogP contribution in [0, 0.1) is 0 Å². The second-order valence-corrected chi connectivity index (χ2v) is 4.93. The molecule has 0 aliphatic carbocycles. The number of rotatable bonds is 6. The van der Waals surface area contributed by atoms with Crippen LogP contribution in [0.3, 0.4) is 0 Å². The van der Waals surface area contributed by atoms with Gasteiger partial charge in [-0.15, -0.1) is 0 Å². The molecule has 5 nitrogen and oxygen atoms in total. The highest BCUT2D eigenvalue weighted by Crippen LogP contribution is 2.20. The summed E-state index contributed by atoms with van der Waals surface area (Å²) in [5.41, 5.74) is 1.95. The van der Waals surface area contributed by atoms with Crippen molar-refractivity contribution in [1.29, 1.82) is 0 Å². The Balaban J connectivity index is 2.00. The van der Waals surface area contributed by atoms with Gasteiger partial charge in [-0.1, -0.05) is 23.7 Å². The summed E-state index contributed by atoms with van der Waals surface area (Å²) >= 11 is 5.83. The molecule has 6 heteroatoms. The van der Waals surface area contributed by atoms with E-state index in [4.69, 9.17) is 21.4 Å². The van der Waals surface area contributed by atoms with Crippen LogP contribution in [-0.4, -0.2) is 29.7 Å². The molecule has 0 spiro atoms. The van der Waals surface area contributed by atoms with Crippen LogP contribution in [-0.2, 0) is 13.0 Å². The van der Waals surface area contributed by atoms with Gasteiger partial charge in [-0.2, -0.15) is 0 Å². The van der Waals surface area contributed by atoms with Crippen molar-refractivity contribution in [2.75, 3.05) is 13.7 Å². The van der Waals surface area contributed by atoms with Gasteiger partial charge < -0.3 is 20.1 Å². The van der Waals surface area contributed by atoms with Gasteiger partial charge in [0.2, 0.25) is 0 Å². The van der Waals surface area contributed by atoms with Crippen molar-refractivity contribution < 1.29 is 14.6 Å². The van der Waals surface area contributed by atoms with Crippen LogP contribution in [0.25, 0.3) is 0 Å². The minimum atomic E-state index is -0.281. The molecule has 0 saturated carbocycles. The summed E-state index contributed by atoms with van der Waals surface area (Å²) in [4.78, 5) is 14.5. The Hall–Kier alpha value is -1.98. The van der Waals surface area contributed by atoms with E-state index in [1.807, 2.05) is 24.3 Å². The van der Waals surface area contributed by atoms with Crippen molar-refractivity contribution in [3.8, 4) is 5.75 Å². The van der Waals surface area contributed by atoms with Gasteiger partial charge in [0, 0.05) is 30.3 Å². The predicted molar refractivity (Wildman–Crippen MR) is 80.8 cm³/mol. The van der Waals surface area contributed by atoms with Crippen LogP contribution in [0.4, 0.5) is 0 Å². The van der Waals surface area contributed by atoms with Gasteiger partial charge in [0.15, 0.2) is 0 Å². The maximum absolute atomic E-state index is 11.7. The molecule has 3 N–H and O–H groups in total. The first-order valence-corrected chi connectivity index (χ1v) is 6.94. The number of H-pyrrole nitrogens is 1. The third kappa shape index (κ3) is 4.00. The van der Waals surface area contributed by atoms with E-state index in [0.717, 1.165) is 5.56 Å². The number of aliphatic hydroxyl groups excluding tert-OH is 1. The minimum absolute atomic E-state index is 0.176. The summed E-state index contributed by atoms with van der Waals surface area (Å²) in [7, 11) is 1.54. The third-order valence-corrected chi connectivity index (χ3v) is 3.28. The van der Waals surface area contributed by atoms with Crippen molar-refractivity contribution in [3.05, 3.63) is 52.3 Å². The van der Waals surface area contributed by atoms with E-state index in [1.54, 1.807) is 13.1 Å². The highest BCUT2D eigenvalue weighted by Gasteiger charge is 2.15. The summed E-state index contributed by atoms with van der Waals surface area (Å²) in [5.74, 6) is 0.156. The Morgan fingerprint density at radius 2 is 2.10 bits per heavy atom. The van der Waals surface area contributed by atoms with Crippen molar-refractivity contribution in [2.24, 2.45) is 0 Å². The smallest absolute Gasteiger partial charge is 0.271 e. The maximum Gasteiger partial charge on any atom is 0.271 e. The number of ether oxygens (including phenoxy) is 1. The minimum Gasteiger partial charge on any atom is -0.491 e. The number of amides is 1. The Bertz CT molecular complexity index is 608. The van der Waals surface area contributed by atoms with Gasteiger partial charge in [-0.05, 0) is 17.7 Å². The number of halogens is 1. The molecule has 1 amide bonds. The number of carbonyl (C=O) groups is 1. The molecular weight excluding hydrogens is 292 g/mol. The number of carbonyl (C=O) groups excluding carboxylic acids is 1. The van der Waals surface area contributed by atoms with Crippen molar-refractivity contribution in [3.63, 3.8) is 0 Å². The maximum atomic E-state index is 11.7. The average Bonchev–Trinajstić information content (AvgIpc) is 2.92. The number of hydrogen-bond donors (Lipinski definition) is 3. The molecule has 0 saturated heterocycles. The monoisotopic (exact) mass is 308 g/mol. The number of aromatic amines is 1. The summed E-state index contributed by atoms with van der Waals surface area (Å²) < 4.78 is 5.64. The van der Waals surface area contributed by atoms with E-state index >= 15 is 0 Å². The van der Waals surface area contributed by atoms with Crippen molar-refractivity contribution >= 4 is 17.5 Å². The molecule has 1 aromatic heterocycles. The first-order valence-electron chi connectivity index (χ1n) is 6.56. The third-order valence-electron chi connectivity index (χ3n) is 3.02. The summed E-state index contributed by atoms with van der Waals surface area (Å²) in [6, 6.07) is 9.15. The fourth-order valence-corrected chi connectivity index (χ4v) is 2.04. The molecule has 2 rings (SSSR count). The van der Waals surface area contributed by atoms with E-state index in [1.165, 1.54) is 0 Å². The van der Waals surface area contributed by atoms with E-state index in [9.17, 15) is 4.79 Å². The van der Waals surface area contributed by atoms with Crippen LogP contribution >= 0.6 is 11.6 Å². The SMILES string of the molecule is CNC(=O)c1[nH]c(CO)cc1OCCc1ccc(Cl)cc1. The lowest BCUT2D eigenvalue weighted by Gasteiger charge is -2.06. The molecule has 0 bridgehead atoms. The second kappa shape index (κ2) is 7.15. The van der Waals surface area contributed by atoms with Crippen LogP contribution in [0.5, 0.6) is 5.75 Å². The first-order chi connectivity index (χ1) is 10.1. The van der Waals surface area contributed by atoms with Crippen LogP contribution in [0.2, 0.25) is 5.02 Å². The summed E-state index contributed by atoms with van der Waals surface area (Å²) in [5, 5.41) is 12.3. The van der Waals surface area contributed by atoms with Crippen molar-refractivity contribution in [2.45, 2.75) is 13.0 Å². The van der Waals surface area contributed by atoms with Gasteiger partial charge in [0.1, 0.15) is 11.4 Å². The quantitative estimate of drug-likeness (QED) is 0.765. The van der Waals surface area contributed by atoms with Gasteiger partial charge in [0.05, 0.1) is 13.2 Å². The standard InChI is InChI=1S/C15H17ClN2O3/c1-17-15(20)14-13(8-12(9-19)18-14)21-7-6-10-2-4-11(16)5-3-10/h2-5,8,18-19H,6-7,9H2,1H3,(H,17,20). The summed E-state index contributed by atoms with van der Waals surface area (Å²) in [6.45, 7) is 0.249. The Kier molecular flexibility index (Phi) is 5.25. The molecule has 0 radical (unpaired) electrons. The van der Waals surface area contributed by atoms with Gasteiger partial charge in [-0.25, -0.2) is 0 Å². The molecule has 1 aromatic carbocycles. The average molecular weight is 309 g/mol. The zero-order chi connectivity index (χ0) is 15.2. The van der Waals surface area contributed by atoms with E-state index in [0.29, 0.717) is 35.2 Å². The molecule has 0 fully saturated rings. The zero-order valence-corrected chi connectivity index (χ0v) is 12.4. The van der Waals surface area contributed by atoms with Gasteiger partial charge in [-0.3, -0.25) is 4.79 Å². The Morgan fingerprint density at radius 1 is 1.38 bits per heavy atom. The normalized spacial score (nSPS) is 10.4. The number of aliphatic hydroxyl groups is 1. The Morgan fingerprint density at radius 3 is 2.71 bits per heavy atom. The number of nitrogens with one attached hydrogen (secondary N) is 2. The van der Waals surface area contributed by atoms with Crippen LogP contribution in [0.1, 0.15) is 21.7 Å². The highest BCUT2D eigenvalue weighted by atomic mass is 35.5. The number of aromatic nitrogens is 1. The first kappa shape index (κ1) is 15.4. The number of hydrogen-bond acceptors (Lipinski definition) is 3. The molecule has 2 aromatic rings. The molecule has 0 aliphatic heterocycles. The molecule has 112 valence electrons. The molecule has 0 atom stereocenters. The van der Waals surface area contributed by atoms with Crippen molar-refractivity contribution in [1.82, 2.24) is 10.3 Å². The van der Waals surface area contributed by atoms with E-state index < -0.39 is 0 Å². The van der Waals surface area contributed by atoms with Crippen LogP contribution in [0.15, 0.2) is 30.3 Å². The molecular formula is C15H17ClN2O3. The summed E-state index contributed by atoms with van der Waals surface area (Å²) in [6.07, 6.45) is 0.698. The molecule has 21 heavy (non-hydrogen) atoms. The fourth-order valence-electron chi connectivity index (χ4n) is 1.91. The Labute approximate surface area is 127 Å². The van der Waals surface area contributed by atoms with Gasteiger partial charge >= 0.3 is 0 Å². The largest absolute Gasteiger partial charge is 0.491 e. The zero-order valence-electron chi connectivity index (χ0n) is 11.6. The van der Waals surface area contributed by atoms with Crippen LogP contribution < -0.4 is 10.1 Å².